The Bertz CT molecular complexity index is 328. The van der Waals surface area contributed by atoms with Crippen LogP contribution < -0.4 is 5.32 Å². The van der Waals surface area contributed by atoms with Gasteiger partial charge in [-0.1, -0.05) is 5.16 Å². The van der Waals surface area contributed by atoms with Crippen molar-refractivity contribution >= 4 is 0 Å². The van der Waals surface area contributed by atoms with Crippen LogP contribution in [0.15, 0.2) is 4.52 Å². The summed E-state index contributed by atoms with van der Waals surface area (Å²) in [5, 5.41) is 16.3. The lowest BCUT2D eigenvalue weighted by Gasteiger charge is -2.03. The van der Waals surface area contributed by atoms with Gasteiger partial charge >= 0.3 is 0 Å². The fourth-order valence-corrected chi connectivity index (χ4v) is 1.56. The average Bonchev–Trinajstić information content (AvgIpc) is 2.84. The third kappa shape index (κ3) is 2.17. The second-order valence-electron chi connectivity index (χ2n) is 3.72. The minimum atomic E-state index is -0.329. The van der Waals surface area contributed by atoms with E-state index in [2.05, 4.69) is 15.5 Å². The van der Waals surface area contributed by atoms with Crippen LogP contribution in [0.4, 0.5) is 0 Å². The first-order valence-corrected chi connectivity index (χ1v) is 4.98. The number of hydrogen-bond donors (Lipinski definition) is 2. The molecule has 84 valence electrons. The molecule has 0 bridgehead atoms. The van der Waals surface area contributed by atoms with Crippen LogP contribution >= 0.6 is 0 Å². The van der Waals surface area contributed by atoms with Crippen molar-refractivity contribution in [3.05, 3.63) is 11.7 Å². The Morgan fingerprint density at radius 3 is 3.07 bits per heavy atom. The maximum atomic E-state index is 9.35. The van der Waals surface area contributed by atoms with E-state index in [0.717, 1.165) is 0 Å². The predicted molar refractivity (Wildman–Crippen MR) is 51.1 cm³/mol. The fourth-order valence-electron chi connectivity index (χ4n) is 1.56. The Labute approximate surface area is 87.6 Å². The second-order valence-corrected chi connectivity index (χ2v) is 3.72. The molecular formula is C9H15N3O3. The van der Waals surface area contributed by atoms with Crippen LogP contribution in [0.5, 0.6) is 0 Å². The van der Waals surface area contributed by atoms with Gasteiger partial charge in [-0.2, -0.15) is 4.98 Å². The Morgan fingerprint density at radius 2 is 2.47 bits per heavy atom. The Balaban J connectivity index is 2.07. The molecule has 2 rings (SSSR count). The maximum Gasteiger partial charge on any atom is 0.243 e. The maximum absolute atomic E-state index is 9.35. The van der Waals surface area contributed by atoms with Gasteiger partial charge in [-0.05, 0) is 13.3 Å². The Kier molecular flexibility index (Phi) is 2.99. The average molecular weight is 213 g/mol. The molecule has 1 unspecified atom stereocenters. The van der Waals surface area contributed by atoms with Crippen LogP contribution in [0.2, 0.25) is 0 Å². The molecule has 6 nitrogen and oxygen atoms in total. The zero-order valence-electron chi connectivity index (χ0n) is 8.80. The van der Waals surface area contributed by atoms with E-state index in [4.69, 9.17) is 9.26 Å². The molecule has 1 fully saturated rings. The smallest absolute Gasteiger partial charge is 0.243 e. The molecule has 0 aromatic carbocycles. The highest BCUT2D eigenvalue weighted by molar-refractivity contribution is 4.98. The number of rotatable bonds is 3. The van der Waals surface area contributed by atoms with Gasteiger partial charge in [0.1, 0.15) is 6.10 Å². The van der Waals surface area contributed by atoms with Crippen molar-refractivity contribution in [3.63, 3.8) is 0 Å². The highest BCUT2D eigenvalue weighted by Crippen LogP contribution is 2.23. The van der Waals surface area contributed by atoms with Gasteiger partial charge in [0.2, 0.25) is 5.89 Å². The number of nitrogens with one attached hydrogen (secondary N) is 1. The predicted octanol–water partition coefficient (Wildman–Crippen LogP) is 0.172. The van der Waals surface area contributed by atoms with Crippen molar-refractivity contribution in [1.82, 2.24) is 15.5 Å². The minimum Gasteiger partial charge on any atom is -0.392 e. The highest BCUT2D eigenvalue weighted by atomic mass is 16.5. The molecule has 6 heteroatoms. The van der Waals surface area contributed by atoms with Gasteiger partial charge in [-0.25, -0.2) is 0 Å². The summed E-state index contributed by atoms with van der Waals surface area (Å²) >= 11 is 0. The van der Waals surface area contributed by atoms with Gasteiger partial charge in [0.05, 0.1) is 12.1 Å². The Morgan fingerprint density at radius 1 is 1.67 bits per heavy atom. The van der Waals surface area contributed by atoms with E-state index < -0.39 is 0 Å². The summed E-state index contributed by atoms with van der Waals surface area (Å²) in [6.07, 6.45) is 0.113. The highest BCUT2D eigenvalue weighted by Gasteiger charge is 2.28. The summed E-state index contributed by atoms with van der Waals surface area (Å²) in [6, 6.07) is -0.0368. The van der Waals surface area contributed by atoms with E-state index >= 15 is 0 Å². The van der Waals surface area contributed by atoms with Gasteiger partial charge in [0, 0.05) is 13.7 Å². The third-order valence-corrected chi connectivity index (χ3v) is 2.58. The normalized spacial score (nSPS) is 28.2. The van der Waals surface area contributed by atoms with E-state index in [1.807, 2.05) is 6.92 Å². The molecule has 15 heavy (non-hydrogen) atoms. The zero-order chi connectivity index (χ0) is 10.8. The zero-order valence-corrected chi connectivity index (χ0v) is 8.80. The number of ether oxygens (including phenoxy) is 1. The number of aliphatic hydroxyl groups is 1. The van der Waals surface area contributed by atoms with Crippen molar-refractivity contribution in [1.29, 1.82) is 0 Å². The third-order valence-electron chi connectivity index (χ3n) is 2.58. The van der Waals surface area contributed by atoms with Gasteiger partial charge in [0.15, 0.2) is 5.82 Å². The minimum absolute atomic E-state index is 0.0368. The first-order chi connectivity index (χ1) is 7.20. The molecule has 1 aromatic heterocycles. The first kappa shape index (κ1) is 10.5. The van der Waals surface area contributed by atoms with Gasteiger partial charge < -0.3 is 19.7 Å². The number of nitrogens with zero attached hydrogens (tertiary/aromatic N) is 2. The number of aliphatic hydroxyl groups excluding tert-OH is 1. The number of methoxy groups -OCH3 is 1. The quantitative estimate of drug-likeness (QED) is 0.745. The molecule has 2 heterocycles. The van der Waals surface area contributed by atoms with Crippen molar-refractivity contribution in [2.45, 2.75) is 31.6 Å². The number of β-amino-alcohol motifs (C(OH)–C–C–N with tert-alkyl or cyclic N) is 1. The number of hydrogen-bond acceptors (Lipinski definition) is 6. The summed E-state index contributed by atoms with van der Waals surface area (Å²) in [5.41, 5.74) is 0. The van der Waals surface area contributed by atoms with E-state index in [9.17, 15) is 5.11 Å². The summed E-state index contributed by atoms with van der Waals surface area (Å²) < 4.78 is 10.2. The van der Waals surface area contributed by atoms with Crippen LogP contribution in [0, 0.1) is 0 Å². The van der Waals surface area contributed by atoms with Crippen molar-refractivity contribution in [2.75, 3.05) is 13.7 Å². The molecule has 1 saturated heterocycles. The topological polar surface area (TPSA) is 80.4 Å². The van der Waals surface area contributed by atoms with Crippen LogP contribution in [0.3, 0.4) is 0 Å². The van der Waals surface area contributed by atoms with E-state index in [0.29, 0.717) is 24.7 Å². The molecule has 1 aromatic rings. The molecule has 0 radical (unpaired) electrons. The monoisotopic (exact) mass is 213 g/mol. The van der Waals surface area contributed by atoms with E-state index in [1.165, 1.54) is 0 Å². The van der Waals surface area contributed by atoms with Crippen molar-refractivity contribution in [3.8, 4) is 0 Å². The second kappa shape index (κ2) is 4.26. The van der Waals surface area contributed by atoms with Crippen LogP contribution in [-0.2, 0) is 4.74 Å². The lowest BCUT2D eigenvalue weighted by molar-refractivity contribution is 0.109. The van der Waals surface area contributed by atoms with Gasteiger partial charge in [-0.3, -0.25) is 0 Å². The molecule has 0 spiro atoms. The fraction of sp³-hybridized carbons (Fsp3) is 0.778. The Hall–Kier alpha value is -0.980. The van der Waals surface area contributed by atoms with Crippen molar-refractivity contribution in [2.24, 2.45) is 0 Å². The summed E-state index contributed by atoms with van der Waals surface area (Å²) in [4.78, 5) is 4.22. The molecule has 0 amide bonds. The molecular weight excluding hydrogens is 198 g/mol. The molecule has 0 saturated carbocycles. The van der Waals surface area contributed by atoms with Gasteiger partial charge in [0.25, 0.3) is 0 Å². The van der Waals surface area contributed by atoms with Crippen LogP contribution in [-0.4, -0.2) is 35.0 Å². The first-order valence-electron chi connectivity index (χ1n) is 4.98. The summed E-state index contributed by atoms with van der Waals surface area (Å²) in [7, 11) is 1.60. The van der Waals surface area contributed by atoms with Crippen LogP contribution in [0.1, 0.15) is 37.2 Å². The molecule has 3 atom stereocenters. The van der Waals surface area contributed by atoms with Crippen LogP contribution in [0.25, 0.3) is 0 Å². The van der Waals surface area contributed by atoms with Gasteiger partial charge in [-0.15, -0.1) is 0 Å². The lowest BCUT2D eigenvalue weighted by Crippen LogP contribution is -2.15. The molecule has 2 N–H and O–H groups in total. The summed E-state index contributed by atoms with van der Waals surface area (Å²) in [5.74, 6) is 1.06. The largest absolute Gasteiger partial charge is 0.392 e. The SMILES string of the molecule is COC(C)c1noc([C@@H]2C[C@H](O)CN2)n1. The van der Waals surface area contributed by atoms with Crippen molar-refractivity contribution < 1.29 is 14.4 Å². The molecule has 1 aliphatic rings. The standard InChI is InChI=1S/C9H15N3O3/c1-5(14-2)8-11-9(15-12-8)7-3-6(13)4-10-7/h5-7,10,13H,3-4H2,1-2H3/t5?,6-,7-/m0/s1. The van der Waals surface area contributed by atoms with E-state index in [1.54, 1.807) is 7.11 Å². The summed E-state index contributed by atoms with van der Waals surface area (Å²) in [6.45, 7) is 2.42. The number of aromatic nitrogens is 2. The van der Waals surface area contributed by atoms with E-state index in [-0.39, 0.29) is 18.2 Å². The lowest BCUT2D eigenvalue weighted by atomic mass is 10.2. The molecule has 1 aliphatic heterocycles. The molecule has 0 aliphatic carbocycles.